The highest BCUT2D eigenvalue weighted by atomic mass is 19.1. The zero-order valence-corrected chi connectivity index (χ0v) is 16.0. The van der Waals surface area contributed by atoms with Crippen molar-refractivity contribution >= 4 is 11.8 Å². The average molecular weight is 385 g/mol. The average Bonchev–Trinajstić information content (AvgIpc) is 3.40. The minimum Gasteiger partial charge on any atom is -0.355 e. The van der Waals surface area contributed by atoms with Gasteiger partial charge in [-0.15, -0.1) is 0 Å². The quantitative estimate of drug-likeness (QED) is 0.857. The molecule has 2 atom stereocenters. The highest BCUT2D eigenvalue weighted by molar-refractivity contribution is 5.97. The lowest BCUT2D eigenvalue weighted by Crippen LogP contribution is -2.62. The van der Waals surface area contributed by atoms with Crippen LogP contribution in [0.5, 0.6) is 0 Å². The van der Waals surface area contributed by atoms with Gasteiger partial charge in [0.15, 0.2) is 11.5 Å². The highest BCUT2D eigenvalue weighted by Gasteiger charge is 2.43. The summed E-state index contributed by atoms with van der Waals surface area (Å²) >= 11 is 0. The molecular weight excluding hydrogens is 361 g/mol. The lowest BCUT2D eigenvalue weighted by atomic mass is 9.96. The van der Waals surface area contributed by atoms with Crippen molar-refractivity contribution in [3.05, 3.63) is 41.8 Å². The van der Waals surface area contributed by atoms with Crippen LogP contribution in [0, 0.1) is 17.7 Å². The van der Waals surface area contributed by atoms with Crippen LogP contribution in [0.15, 0.2) is 34.9 Å². The molecule has 28 heavy (non-hydrogen) atoms. The number of halogens is 1. The van der Waals surface area contributed by atoms with E-state index >= 15 is 0 Å². The van der Waals surface area contributed by atoms with Gasteiger partial charge in [-0.05, 0) is 55.4 Å². The van der Waals surface area contributed by atoms with Crippen LogP contribution in [-0.2, 0) is 4.79 Å². The first kappa shape index (κ1) is 18.7. The van der Waals surface area contributed by atoms with Gasteiger partial charge in [-0.1, -0.05) is 19.0 Å². The zero-order chi connectivity index (χ0) is 19.8. The second kappa shape index (κ2) is 7.37. The van der Waals surface area contributed by atoms with Gasteiger partial charge in [0.25, 0.3) is 5.91 Å². The number of hydrogen-bond donors (Lipinski definition) is 1. The van der Waals surface area contributed by atoms with E-state index in [-0.39, 0.29) is 35.3 Å². The first-order valence-corrected chi connectivity index (χ1v) is 9.76. The fraction of sp³-hybridized carbons (Fsp3) is 0.476. The summed E-state index contributed by atoms with van der Waals surface area (Å²) in [6, 6.07) is 6.85. The number of rotatable bonds is 5. The Morgan fingerprint density at radius 3 is 2.68 bits per heavy atom. The minimum absolute atomic E-state index is 0.00309. The second-order valence-electron chi connectivity index (χ2n) is 8.14. The Hall–Kier alpha value is -2.70. The molecule has 148 valence electrons. The number of nitrogens with one attached hydrogen (secondary N) is 1. The third kappa shape index (κ3) is 3.79. The monoisotopic (exact) mass is 385 g/mol. The summed E-state index contributed by atoms with van der Waals surface area (Å²) in [6.45, 7) is 4.56. The van der Waals surface area contributed by atoms with Gasteiger partial charge in [-0.2, -0.15) is 0 Å². The number of hydrogen-bond acceptors (Lipinski definition) is 4. The van der Waals surface area contributed by atoms with E-state index in [1.54, 1.807) is 23.1 Å². The van der Waals surface area contributed by atoms with Crippen LogP contribution in [0.4, 0.5) is 4.39 Å². The van der Waals surface area contributed by atoms with Crippen LogP contribution in [0.1, 0.15) is 43.6 Å². The molecule has 0 bridgehead atoms. The number of carbonyl (C=O) groups excluding carboxylic acids is 2. The van der Waals surface area contributed by atoms with Crippen LogP contribution in [0.25, 0.3) is 11.3 Å². The lowest BCUT2D eigenvalue weighted by Gasteiger charge is -2.40. The zero-order valence-electron chi connectivity index (χ0n) is 16.0. The summed E-state index contributed by atoms with van der Waals surface area (Å²) in [4.78, 5) is 27.5. The molecule has 1 saturated heterocycles. The summed E-state index contributed by atoms with van der Waals surface area (Å²) in [5.41, 5.74) is 0.802. The number of nitrogens with zero attached hydrogens (tertiary/aromatic N) is 2. The number of carbonyl (C=O) groups is 2. The van der Waals surface area contributed by atoms with E-state index in [1.165, 1.54) is 12.1 Å². The van der Waals surface area contributed by atoms with Crippen molar-refractivity contribution in [2.24, 2.45) is 11.8 Å². The Balaban J connectivity index is 1.58. The fourth-order valence-corrected chi connectivity index (χ4v) is 3.75. The van der Waals surface area contributed by atoms with Crippen molar-refractivity contribution in [1.82, 2.24) is 15.4 Å². The Bertz CT molecular complexity index is 873. The normalized spacial score (nSPS) is 22.4. The first-order chi connectivity index (χ1) is 13.4. The summed E-state index contributed by atoms with van der Waals surface area (Å²) in [5, 5.41) is 7.02. The molecule has 1 N–H and O–H groups in total. The van der Waals surface area contributed by atoms with E-state index in [0.717, 1.165) is 12.8 Å². The van der Waals surface area contributed by atoms with Gasteiger partial charge in [0.2, 0.25) is 5.91 Å². The molecule has 2 aromatic rings. The topological polar surface area (TPSA) is 75.4 Å². The molecule has 0 radical (unpaired) electrons. The molecule has 2 aliphatic rings. The van der Waals surface area contributed by atoms with E-state index < -0.39 is 6.04 Å². The van der Waals surface area contributed by atoms with Gasteiger partial charge >= 0.3 is 0 Å². The smallest absolute Gasteiger partial charge is 0.276 e. The molecule has 1 saturated carbocycles. The molecule has 1 aromatic carbocycles. The minimum atomic E-state index is -0.506. The van der Waals surface area contributed by atoms with Crippen LogP contribution in [-0.4, -0.2) is 40.5 Å². The Morgan fingerprint density at radius 2 is 2.04 bits per heavy atom. The lowest BCUT2D eigenvalue weighted by molar-refractivity contribution is -0.130. The molecule has 1 aliphatic carbocycles. The maximum atomic E-state index is 13.2. The Morgan fingerprint density at radius 1 is 1.32 bits per heavy atom. The molecule has 1 aliphatic heterocycles. The second-order valence-corrected chi connectivity index (χ2v) is 8.14. The predicted octanol–water partition coefficient (Wildman–Crippen LogP) is 3.25. The highest BCUT2D eigenvalue weighted by Crippen LogP contribution is 2.35. The first-order valence-electron chi connectivity index (χ1n) is 9.76. The summed E-state index contributed by atoms with van der Waals surface area (Å²) in [5.74, 6) is 0.378. The van der Waals surface area contributed by atoms with Crippen molar-refractivity contribution in [3.8, 4) is 11.3 Å². The van der Waals surface area contributed by atoms with Crippen LogP contribution in [0.2, 0.25) is 0 Å². The molecule has 2 heterocycles. The molecule has 2 unspecified atom stereocenters. The van der Waals surface area contributed by atoms with Crippen LogP contribution >= 0.6 is 0 Å². The van der Waals surface area contributed by atoms with Crippen molar-refractivity contribution in [3.63, 3.8) is 0 Å². The SMILES string of the molecule is CC(C)CC1C(=O)NC(C2CC2)CN1C(=O)c1cc(-c2ccc(F)cc2)on1. The van der Waals surface area contributed by atoms with Crippen LogP contribution < -0.4 is 5.32 Å². The summed E-state index contributed by atoms with van der Waals surface area (Å²) < 4.78 is 18.4. The standard InChI is InChI=1S/C21H24FN3O3/c1-12(2)9-18-20(26)23-17(13-3-4-13)11-25(18)21(27)16-10-19(28-24-16)14-5-7-15(22)8-6-14/h5-8,10,12-13,17-18H,3-4,9,11H2,1-2H3,(H,23,26). The van der Waals surface area contributed by atoms with E-state index in [0.29, 0.717) is 30.2 Å². The van der Waals surface area contributed by atoms with Crippen LogP contribution in [0.3, 0.4) is 0 Å². The van der Waals surface area contributed by atoms with Gasteiger partial charge in [-0.3, -0.25) is 9.59 Å². The number of piperazine rings is 1. The van der Waals surface area contributed by atoms with Crippen molar-refractivity contribution in [2.45, 2.75) is 45.2 Å². The Kier molecular flexibility index (Phi) is 4.91. The van der Waals surface area contributed by atoms with Gasteiger partial charge < -0.3 is 14.7 Å². The summed E-state index contributed by atoms with van der Waals surface area (Å²) in [7, 11) is 0. The Labute approximate surface area is 163 Å². The molecule has 0 spiro atoms. The van der Waals surface area contributed by atoms with Crippen molar-refractivity contribution in [1.29, 1.82) is 0 Å². The predicted molar refractivity (Wildman–Crippen MR) is 101 cm³/mol. The van der Waals surface area contributed by atoms with Gasteiger partial charge in [0.1, 0.15) is 11.9 Å². The van der Waals surface area contributed by atoms with Gasteiger partial charge in [0, 0.05) is 24.2 Å². The number of aromatic nitrogens is 1. The van der Waals surface area contributed by atoms with E-state index in [1.807, 2.05) is 13.8 Å². The largest absolute Gasteiger partial charge is 0.355 e. The van der Waals surface area contributed by atoms with Crippen molar-refractivity contribution < 1.29 is 18.5 Å². The van der Waals surface area contributed by atoms with E-state index in [4.69, 9.17) is 4.52 Å². The van der Waals surface area contributed by atoms with Gasteiger partial charge in [-0.25, -0.2) is 4.39 Å². The molecule has 1 aromatic heterocycles. The molecule has 2 amide bonds. The molecule has 4 rings (SSSR count). The van der Waals surface area contributed by atoms with Gasteiger partial charge in [0.05, 0.1) is 0 Å². The fourth-order valence-electron chi connectivity index (χ4n) is 3.75. The molecule has 2 fully saturated rings. The maximum absolute atomic E-state index is 13.2. The van der Waals surface area contributed by atoms with E-state index in [2.05, 4.69) is 10.5 Å². The third-order valence-corrected chi connectivity index (χ3v) is 5.40. The third-order valence-electron chi connectivity index (χ3n) is 5.40. The van der Waals surface area contributed by atoms with E-state index in [9.17, 15) is 14.0 Å². The molecule has 7 heteroatoms. The number of amides is 2. The van der Waals surface area contributed by atoms with Crippen molar-refractivity contribution in [2.75, 3.05) is 6.54 Å². The maximum Gasteiger partial charge on any atom is 0.276 e. The molecule has 6 nitrogen and oxygen atoms in total. The summed E-state index contributed by atoms with van der Waals surface area (Å²) in [6.07, 6.45) is 2.76. The number of benzene rings is 1. The molecular formula is C21H24FN3O3.